The van der Waals surface area contributed by atoms with Crippen LogP contribution in [-0.4, -0.2) is 75.5 Å². The normalized spacial score (nSPS) is 10.9. The van der Waals surface area contributed by atoms with Gasteiger partial charge in [0.25, 0.3) is 5.56 Å². The highest BCUT2D eigenvalue weighted by Gasteiger charge is 2.07. The number of carbonyl (C=O) groups excluding carboxylic acids is 1. The summed E-state index contributed by atoms with van der Waals surface area (Å²) < 4.78 is 39.5. The SMILES string of the molecule is COCCOCCOCCOCCOC(=O)CCn1cc(F)c(=O)[nH]c1=O. The van der Waals surface area contributed by atoms with Crippen LogP contribution in [0.25, 0.3) is 0 Å². The molecule has 1 aromatic heterocycles. The summed E-state index contributed by atoms with van der Waals surface area (Å²) in [4.78, 5) is 35.7. The molecule has 0 aliphatic heterocycles. The van der Waals surface area contributed by atoms with E-state index >= 15 is 0 Å². The minimum atomic E-state index is -1.10. The second kappa shape index (κ2) is 14.0. The number of aromatic amines is 1. The molecule has 0 saturated carbocycles. The molecule has 0 saturated heterocycles. The van der Waals surface area contributed by atoms with Crippen molar-refractivity contribution in [3.8, 4) is 0 Å². The molecule has 154 valence electrons. The Kier molecular flexibility index (Phi) is 11.9. The number of hydrogen-bond donors (Lipinski definition) is 1. The lowest BCUT2D eigenvalue weighted by atomic mass is 10.4. The largest absolute Gasteiger partial charge is 0.463 e. The average Bonchev–Trinajstić information content (AvgIpc) is 2.64. The van der Waals surface area contributed by atoms with Crippen molar-refractivity contribution < 1.29 is 32.9 Å². The van der Waals surface area contributed by atoms with Gasteiger partial charge in [-0.25, -0.2) is 4.79 Å². The summed E-state index contributed by atoms with van der Waals surface area (Å²) in [5, 5.41) is 0. The van der Waals surface area contributed by atoms with Crippen LogP contribution < -0.4 is 11.2 Å². The number of esters is 1. The van der Waals surface area contributed by atoms with E-state index in [-0.39, 0.29) is 26.2 Å². The van der Waals surface area contributed by atoms with Gasteiger partial charge in [-0.3, -0.25) is 19.1 Å². The third-order valence-corrected chi connectivity index (χ3v) is 3.19. The highest BCUT2D eigenvalue weighted by molar-refractivity contribution is 5.69. The molecule has 10 nitrogen and oxygen atoms in total. The Hall–Kier alpha value is -2.08. The molecule has 1 aromatic rings. The maximum atomic E-state index is 13.1. The second-order valence-electron chi connectivity index (χ2n) is 5.23. The van der Waals surface area contributed by atoms with Crippen LogP contribution in [0.5, 0.6) is 0 Å². The number of aromatic nitrogens is 2. The summed E-state index contributed by atoms with van der Waals surface area (Å²) in [6.45, 7) is 2.88. The fourth-order valence-electron chi connectivity index (χ4n) is 1.83. The topological polar surface area (TPSA) is 118 Å². The van der Waals surface area contributed by atoms with Crippen LogP contribution in [0.2, 0.25) is 0 Å². The predicted octanol–water partition coefficient (Wildman–Crippen LogP) is -0.695. The van der Waals surface area contributed by atoms with Crippen molar-refractivity contribution in [3.05, 3.63) is 32.9 Å². The van der Waals surface area contributed by atoms with Crippen LogP contribution >= 0.6 is 0 Å². The van der Waals surface area contributed by atoms with Gasteiger partial charge in [-0.1, -0.05) is 0 Å². The molecular weight excluding hydrogens is 367 g/mol. The van der Waals surface area contributed by atoms with Crippen LogP contribution in [0.3, 0.4) is 0 Å². The van der Waals surface area contributed by atoms with E-state index in [1.807, 2.05) is 0 Å². The summed E-state index contributed by atoms with van der Waals surface area (Å²) in [5.41, 5.74) is -1.89. The third-order valence-electron chi connectivity index (χ3n) is 3.19. The van der Waals surface area contributed by atoms with E-state index in [4.69, 9.17) is 23.7 Å². The monoisotopic (exact) mass is 392 g/mol. The van der Waals surface area contributed by atoms with Crippen LogP contribution in [0.1, 0.15) is 6.42 Å². The fraction of sp³-hybridized carbons (Fsp3) is 0.688. The van der Waals surface area contributed by atoms with Gasteiger partial charge in [0.1, 0.15) is 6.61 Å². The fourth-order valence-corrected chi connectivity index (χ4v) is 1.83. The van der Waals surface area contributed by atoms with Gasteiger partial charge in [0, 0.05) is 13.7 Å². The Labute approximate surface area is 155 Å². The van der Waals surface area contributed by atoms with Crippen molar-refractivity contribution in [1.82, 2.24) is 9.55 Å². The number of aryl methyl sites for hydroxylation is 1. The maximum Gasteiger partial charge on any atom is 0.328 e. The van der Waals surface area contributed by atoms with Crippen LogP contribution in [-0.2, 0) is 35.0 Å². The molecule has 0 atom stereocenters. The van der Waals surface area contributed by atoms with Gasteiger partial charge < -0.3 is 23.7 Å². The molecule has 0 unspecified atom stereocenters. The summed E-state index contributed by atoms with van der Waals surface area (Å²) in [5.74, 6) is -1.67. The molecule has 11 heteroatoms. The lowest BCUT2D eigenvalue weighted by molar-refractivity contribution is -0.145. The Morgan fingerprint density at radius 3 is 2.15 bits per heavy atom. The Morgan fingerprint density at radius 1 is 1.00 bits per heavy atom. The number of rotatable bonds is 15. The first-order valence-corrected chi connectivity index (χ1v) is 8.41. The number of halogens is 1. The molecule has 0 aliphatic carbocycles. The van der Waals surface area contributed by atoms with Crippen molar-refractivity contribution in [2.45, 2.75) is 13.0 Å². The van der Waals surface area contributed by atoms with Gasteiger partial charge in [0.15, 0.2) is 0 Å². The first-order chi connectivity index (χ1) is 13.0. The van der Waals surface area contributed by atoms with Crippen LogP contribution in [0.15, 0.2) is 15.8 Å². The van der Waals surface area contributed by atoms with E-state index in [0.29, 0.717) is 39.6 Å². The quantitative estimate of drug-likeness (QED) is 0.308. The first kappa shape index (κ1) is 23.0. The number of nitrogens with one attached hydrogen (secondary N) is 1. The summed E-state index contributed by atoms with van der Waals surface area (Å²) in [6, 6.07) is 0. The number of nitrogens with zero attached hydrogens (tertiary/aromatic N) is 1. The number of ether oxygens (including phenoxy) is 5. The zero-order valence-electron chi connectivity index (χ0n) is 15.2. The molecule has 0 spiro atoms. The molecule has 27 heavy (non-hydrogen) atoms. The van der Waals surface area contributed by atoms with E-state index in [2.05, 4.69) is 0 Å². The number of hydrogen-bond acceptors (Lipinski definition) is 8. The van der Waals surface area contributed by atoms with Crippen molar-refractivity contribution in [3.63, 3.8) is 0 Å². The van der Waals surface area contributed by atoms with E-state index in [1.54, 1.807) is 12.1 Å². The van der Waals surface area contributed by atoms with Crippen molar-refractivity contribution >= 4 is 5.97 Å². The zero-order valence-corrected chi connectivity index (χ0v) is 15.2. The van der Waals surface area contributed by atoms with Gasteiger partial charge in [-0.2, -0.15) is 4.39 Å². The van der Waals surface area contributed by atoms with Crippen molar-refractivity contribution in [1.29, 1.82) is 0 Å². The summed E-state index contributed by atoms with van der Waals surface area (Å²) in [6.07, 6.45) is 0.609. The Balaban J connectivity index is 2.00. The molecule has 0 radical (unpaired) electrons. The number of H-pyrrole nitrogens is 1. The summed E-state index contributed by atoms with van der Waals surface area (Å²) in [7, 11) is 1.60. The van der Waals surface area contributed by atoms with E-state index in [9.17, 15) is 18.8 Å². The molecule has 0 aromatic carbocycles. The predicted molar refractivity (Wildman–Crippen MR) is 91.2 cm³/mol. The van der Waals surface area contributed by atoms with Crippen LogP contribution in [0.4, 0.5) is 4.39 Å². The highest BCUT2D eigenvalue weighted by atomic mass is 19.1. The number of methoxy groups -OCH3 is 1. The zero-order chi connectivity index (χ0) is 19.9. The summed E-state index contributed by atoms with van der Waals surface area (Å²) >= 11 is 0. The molecule has 0 fully saturated rings. The smallest absolute Gasteiger partial charge is 0.328 e. The third kappa shape index (κ3) is 10.6. The standard InChI is InChI=1S/C16H25FN2O8/c1-23-4-5-24-6-7-25-8-9-26-10-11-27-14(20)2-3-19-12-13(17)15(21)18-16(19)22/h12H,2-11H2,1H3,(H,18,21,22). The van der Waals surface area contributed by atoms with Crippen molar-refractivity contribution in [2.24, 2.45) is 0 Å². The Bertz CT molecular complexity index is 661. The minimum Gasteiger partial charge on any atom is -0.463 e. The lowest BCUT2D eigenvalue weighted by Gasteiger charge is -2.08. The minimum absolute atomic E-state index is 0.0494. The molecule has 1 heterocycles. The lowest BCUT2D eigenvalue weighted by Crippen LogP contribution is -2.32. The van der Waals surface area contributed by atoms with Gasteiger partial charge >= 0.3 is 11.7 Å². The number of carbonyl (C=O) groups is 1. The van der Waals surface area contributed by atoms with Gasteiger partial charge in [-0.05, 0) is 0 Å². The van der Waals surface area contributed by atoms with Crippen LogP contribution in [0, 0.1) is 5.82 Å². The molecule has 0 bridgehead atoms. The first-order valence-electron chi connectivity index (χ1n) is 8.41. The average molecular weight is 392 g/mol. The molecule has 0 aliphatic rings. The van der Waals surface area contributed by atoms with Crippen molar-refractivity contribution in [2.75, 3.05) is 60.0 Å². The second-order valence-corrected chi connectivity index (χ2v) is 5.23. The Morgan fingerprint density at radius 2 is 1.56 bits per heavy atom. The van der Waals surface area contributed by atoms with Gasteiger partial charge in [0.2, 0.25) is 5.82 Å². The molecular formula is C16H25FN2O8. The molecule has 0 amide bonds. The van der Waals surface area contributed by atoms with Gasteiger partial charge in [0.05, 0.1) is 58.9 Å². The van der Waals surface area contributed by atoms with E-state index in [1.165, 1.54) is 0 Å². The molecule has 1 N–H and O–H groups in total. The maximum absolute atomic E-state index is 13.1. The highest BCUT2D eigenvalue weighted by Crippen LogP contribution is 1.92. The van der Waals surface area contributed by atoms with E-state index in [0.717, 1.165) is 10.8 Å². The van der Waals surface area contributed by atoms with E-state index < -0.39 is 23.0 Å². The molecule has 1 rings (SSSR count). The van der Waals surface area contributed by atoms with Gasteiger partial charge in [-0.15, -0.1) is 0 Å².